The highest BCUT2D eigenvalue weighted by molar-refractivity contribution is 5.17. The third kappa shape index (κ3) is 4.29. The normalized spacial score (nSPS) is 11.0. The maximum atomic E-state index is 5.61. The zero-order valence-corrected chi connectivity index (χ0v) is 10.4. The minimum absolute atomic E-state index is 0.572. The van der Waals surface area contributed by atoms with Gasteiger partial charge in [-0.15, -0.1) is 0 Å². The van der Waals surface area contributed by atoms with Crippen LogP contribution < -0.4 is 5.73 Å². The summed E-state index contributed by atoms with van der Waals surface area (Å²) in [6.45, 7) is 8.31. The largest absolute Gasteiger partial charge is 0.326 e. The Labute approximate surface area is 98.7 Å². The van der Waals surface area contributed by atoms with Gasteiger partial charge in [0.2, 0.25) is 0 Å². The van der Waals surface area contributed by atoms with E-state index in [0.717, 1.165) is 25.2 Å². The summed E-state index contributed by atoms with van der Waals surface area (Å²) in [6.07, 6.45) is 6.18. The van der Waals surface area contributed by atoms with Crippen LogP contribution in [0.3, 0.4) is 0 Å². The molecular weight excluding hydrogens is 198 g/mol. The van der Waals surface area contributed by atoms with E-state index in [-0.39, 0.29) is 0 Å². The predicted molar refractivity (Wildman–Crippen MR) is 68.0 cm³/mol. The second-order valence-corrected chi connectivity index (χ2v) is 4.18. The van der Waals surface area contributed by atoms with E-state index in [0.29, 0.717) is 6.54 Å². The van der Waals surface area contributed by atoms with E-state index < -0.39 is 0 Å². The molecule has 2 N–H and O–H groups in total. The Morgan fingerprint density at radius 3 is 2.31 bits per heavy atom. The van der Waals surface area contributed by atoms with Crippen LogP contribution in [0.15, 0.2) is 18.5 Å². The molecule has 0 bridgehead atoms. The Balaban J connectivity index is 2.60. The Hall–Kier alpha value is -0.930. The second-order valence-electron chi connectivity index (χ2n) is 4.18. The number of aromatic nitrogens is 1. The maximum absolute atomic E-state index is 5.61. The van der Waals surface area contributed by atoms with E-state index in [1.54, 1.807) is 0 Å². The molecule has 0 aliphatic carbocycles. The lowest BCUT2D eigenvalue weighted by Gasteiger charge is -2.20. The van der Waals surface area contributed by atoms with Crippen molar-refractivity contribution in [1.29, 1.82) is 0 Å². The highest BCUT2D eigenvalue weighted by atomic mass is 15.1. The van der Waals surface area contributed by atoms with Gasteiger partial charge in [0.15, 0.2) is 0 Å². The van der Waals surface area contributed by atoms with Crippen molar-refractivity contribution in [2.45, 2.75) is 39.8 Å². The number of hydrogen-bond acceptors (Lipinski definition) is 3. The van der Waals surface area contributed by atoms with Crippen LogP contribution in [0.5, 0.6) is 0 Å². The van der Waals surface area contributed by atoms with Crippen LogP contribution in [0.1, 0.15) is 37.8 Å². The SMILES string of the molecule is CCCN(CCC)Cc1cncc(CN)c1. The van der Waals surface area contributed by atoms with Crippen molar-refractivity contribution >= 4 is 0 Å². The van der Waals surface area contributed by atoms with Crippen LogP contribution >= 0.6 is 0 Å². The van der Waals surface area contributed by atoms with Gasteiger partial charge >= 0.3 is 0 Å². The number of nitrogens with zero attached hydrogens (tertiary/aromatic N) is 2. The molecule has 0 radical (unpaired) electrons. The Bertz CT molecular complexity index is 293. The summed E-state index contributed by atoms with van der Waals surface area (Å²) in [5, 5.41) is 0. The molecule has 90 valence electrons. The molecule has 1 aromatic rings. The summed E-state index contributed by atoms with van der Waals surface area (Å²) in [5.74, 6) is 0. The monoisotopic (exact) mass is 221 g/mol. The summed E-state index contributed by atoms with van der Waals surface area (Å²) in [4.78, 5) is 6.69. The zero-order valence-electron chi connectivity index (χ0n) is 10.4. The van der Waals surface area contributed by atoms with E-state index in [2.05, 4.69) is 29.8 Å². The Kier molecular flexibility index (Phi) is 6.04. The maximum Gasteiger partial charge on any atom is 0.0313 e. The fraction of sp³-hybridized carbons (Fsp3) is 0.615. The fourth-order valence-corrected chi connectivity index (χ4v) is 1.90. The Morgan fingerprint density at radius 1 is 1.12 bits per heavy atom. The third-order valence-corrected chi connectivity index (χ3v) is 2.57. The number of hydrogen-bond donors (Lipinski definition) is 1. The Morgan fingerprint density at radius 2 is 1.75 bits per heavy atom. The molecule has 0 aromatic carbocycles. The van der Waals surface area contributed by atoms with E-state index in [1.807, 2.05) is 12.4 Å². The second kappa shape index (κ2) is 7.36. The summed E-state index contributed by atoms with van der Waals surface area (Å²) >= 11 is 0. The van der Waals surface area contributed by atoms with Gasteiger partial charge in [-0.1, -0.05) is 19.9 Å². The molecule has 0 amide bonds. The predicted octanol–water partition coefficient (Wildman–Crippen LogP) is 2.16. The standard InChI is InChI=1S/C13H23N3/c1-3-5-16(6-4-2)11-13-7-12(8-14)9-15-10-13/h7,9-10H,3-6,8,11,14H2,1-2H3. The van der Waals surface area contributed by atoms with Crippen LogP contribution in [0, 0.1) is 0 Å². The summed E-state index contributed by atoms with van der Waals surface area (Å²) < 4.78 is 0. The summed E-state index contributed by atoms with van der Waals surface area (Å²) in [7, 11) is 0. The van der Waals surface area contributed by atoms with E-state index >= 15 is 0 Å². The lowest BCUT2D eigenvalue weighted by atomic mass is 10.2. The van der Waals surface area contributed by atoms with Gasteiger partial charge in [0.05, 0.1) is 0 Å². The number of nitrogens with two attached hydrogens (primary N) is 1. The molecule has 3 nitrogen and oxygen atoms in total. The molecule has 0 aliphatic rings. The minimum atomic E-state index is 0.572. The molecule has 3 heteroatoms. The molecule has 1 rings (SSSR count). The molecule has 0 atom stereocenters. The van der Waals surface area contributed by atoms with Crippen molar-refractivity contribution in [3.63, 3.8) is 0 Å². The third-order valence-electron chi connectivity index (χ3n) is 2.57. The summed E-state index contributed by atoms with van der Waals surface area (Å²) in [5.41, 5.74) is 8.00. The van der Waals surface area contributed by atoms with Gasteiger partial charge in [0.1, 0.15) is 0 Å². The molecule has 0 unspecified atom stereocenters. The molecule has 1 heterocycles. The molecular formula is C13H23N3. The zero-order chi connectivity index (χ0) is 11.8. The van der Waals surface area contributed by atoms with Gasteiger partial charge < -0.3 is 5.73 Å². The average Bonchev–Trinajstić information content (AvgIpc) is 2.30. The smallest absolute Gasteiger partial charge is 0.0313 e. The lowest BCUT2D eigenvalue weighted by Crippen LogP contribution is -2.25. The van der Waals surface area contributed by atoms with Gasteiger partial charge in [0.25, 0.3) is 0 Å². The quantitative estimate of drug-likeness (QED) is 0.767. The molecule has 0 aliphatic heterocycles. The van der Waals surface area contributed by atoms with Crippen molar-refractivity contribution in [3.8, 4) is 0 Å². The molecule has 0 saturated carbocycles. The molecule has 0 spiro atoms. The molecule has 0 saturated heterocycles. The fourth-order valence-electron chi connectivity index (χ4n) is 1.90. The van der Waals surface area contributed by atoms with E-state index in [9.17, 15) is 0 Å². The van der Waals surface area contributed by atoms with Crippen LogP contribution in [-0.2, 0) is 13.1 Å². The van der Waals surface area contributed by atoms with E-state index in [4.69, 9.17) is 5.73 Å². The van der Waals surface area contributed by atoms with Crippen molar-refractivity contribution in [3.05, 3.63) is 29.6 Å². The molecule has 16 heavy (non-hydrogen) atoms. The van der Waals surface area contributed by atoms with Crippen molar-refractivity contribution in [2.75, 3.05) is 13.1 Å². The number of pyridine rings is 1. The van der Waals surface area contributed by atoms with E-state index in [1.165, 1.54) is 18.4 Å². The van der Waals surface area contributed by atoms with Gasteiger partial charge in [0, 0.05) is 25.5 Å². The minimum Gasteiger partial charge on any atom is -0.326 e. The van der Waals surface area contributed by atoms with Gasteiger partial charge in [-0.2, -0.15) is 0 Å². The van der Waals surface area contributed by atoms with Gasteiger partial charge in [-0.05, 0) is 37.1 Å². The highest BCUT2D eigenvalue weighted by Crippen LogP contribution is 2.07. The first-order valence-corrected chi connectivity index (χ1v) is 6.15. The topological polar surface area (TPSA) is 42.2 Å². The lowest BCUT2D eigenvalue weighted by molar-refractivity contribution is 0.266. The summed E-state index contributed by atoms with van der Waals surface area (Å²) in [6, 6.07) is 2.16. The first-order chi connectivity index (χ1) is 7.80. The first-order valence-electron chi connectivity index (χ1n) is 6.15. The van der Waals surface area contributed by atoms with Crippen LogP contribution in [0.4, 0.5) is 0 Å². The van der Waals surface area contributed by atoms with Crippen molar-refractivity contribution in [1.82, 2.24) is 9.88 Å². The number of rotatable bonds is 7. The average molecular weight is 221 g/mol. The van der Waals surface area contributed by atoms with Gasteiger partial charge in [-0.25, -0.2) is 0 Å². The van der Waals surface area contributed by atoms with Crippen LogP contribution in [-0.4, -0.2) is 23.0 Å². The first kappa shape index (κ1) is 13.1. The van der Waals surface area contributed by atoms with Crippen LogP contribution in [0.2, 0.25) is 0 Å². The van der Waals surface area contributed by atoms with Gasteiger partial charge in [-0.3, -0.25) is 9.88 Å². The van der Waals surface area contributed by atoms with Crippen molar-refractivity contribution < 1.29 is 0 Å². The van der Waals surface area contributed by atoms with Crippen LogP contribution in [0.25, 0.3) is 0 Å². The molecule has 0 fully saturated rings. The molecule has 1 aromatic heterocycles. The van der Waals surface area contributed by atoms with Crippen molar-refractivity contribution in [2.24, 2.45) is 5.73 Å². The highest BCUT2D eigenvalue weighted by Gasteiger charge is 2.04.